The monoisotopic (exact) mass is 370 g/mol. The van der Waals surface area contributed by atoms with Gasteiger partial charge in [0.25, 0.3) is 11.8 Å². The first-order valence-corrected chi connectivity index (χ1v) is 8.38. The Balaban J connectivity index is 1.66. The van der Waals surface area contributed by atoms with Crippen molar-refractivity contribution in [1.82, 2.24) is 10.6 Å². The maximum Gasteiger partial charge on any atom is 0.325 e. The molecule has 0 radical (unpaired) electrons. The van der Waals surface area contributed by atoms with E-state index in [4.69, 9.17) is 9.47 Å². The molecule has 2 aromatic carbocycles. The number of carbonyl (C=O) groups is 3. The Kier molecular flexibility index (Phi) is 7.37. The number of esters is 1. The minimum absolute atomic E-state index is 0.307. The number of benzene rings is 2. The molecule has 142 valence electrons. The van der Waals surface area contributed by atoms with Crippen molar-refractivity contribution >= 4 is 17.8 Å². The van der Waals surface area contributed by atoms with E-state index in [1.165, 1.54) is 0 Å². The highest BCUT2D eigenvalue weighted by Gasteiger charge is 2.11. The molecule has 0 aliphatic rings. The molecule has 0 aromatic heterocycles. The molecule has 2 rings (SSSR count). The molecule has 0 aliphatic heterocycles. The van der Waals surface area contributed by atoms with E-state index in [2.05, 4.69) is 10.6 Å². The fraction of sp³-hybridized carbons (Fsp3) is 0.250. The van der Waals surface area contributed by atoms with E-state index in [9.17, 15) is 14.4 Å². The average Bonchev–Trinajstić information content (AvgIpc) is 2.69. The van der Waals surface area contributed by atoms with Crippen molar-refractivity contribution in [3.05, 3.63) is 65.2 Å². The van der Waals surface area contributed by atoms with Crippen molar-refractivity contribution in [2.24, 2.45) is 0 Å². The molecule has 0 fully saturated rings. The lowest BCUT2D eigenvalue weighted by atomic mass is 10.1. The lowest BCUT2D eigenvalue weighted by Crippen LogP contribution is -2.33. The second kappa shape index (κ2) is 9.96. The molecule has 0 bridgehead atoms. The molecule has 27 heavy (non-hydrogen) atoms. The van der Waals surface area contributed by atoms with Crippen molar-refractivity contribution in [2.75, 3.05) is 20.3 Å². The summed E-state index contributed by atoms with van der Waals surface area (Å²) in [5.41, 5.74) is 2.29. The van der Waals surface area contributed by atoms with Gasteiger partial charge in [-0.1, -0.05) is 29.8 Å². The van der Waals surface area contributed by atoms with Crippen LogP contribution in [0.1, 0.15) is 21.5 Å². The Morgan fingerprint density at radius 3 is 2.41 bits per heavy atom. The third kappa shape index (κ3) is 6.81. The maximum absolute atomic E-state index is 11.9. The standard InChI is InChI=1S/C20H22N2O5/c1-14-4-3-5-16(10-14)20(25)22-12-19(24)27-13-18(23)21-11-15-6-8-17(26-2)9-7-15/h3-10H,11-13H2,1-2H3,(H,21,23)(H,22,25). The van der Waals surface area contributed by atoms with Crippen LogP contribution in [0.5, 0.6) is 5.75 Å². The van der Waals surface area contributed by atoms with E-state index in [1.807, 2.05) is 25.1 Å². The van der Waals surface area contributed by atoms with E-state index < -0.39 is 18.5 Å². The number of nitrogens with one attached hydrogen (secondary N) is 2. The van der Waals surface area contributed by atoms with Crippen molar-refractivity contribution in [3.63, 3.8) is 0 Å². The number of rotatable bonds is 8. The number of hydrogen-bond donors (Lipinski definition) is 2. The zero-order valence-electron chi connectivity index (χ0n) is 15.3. The molecule has 0 saturated carbocycles. The van der Waals surface area contributed by atoms with Crippen LogP contribution in [0.3, 0.4) is 0 Å². The van der Waals surface area contributed by atoms with Crippen LogP contribution in [0.15, 0.2) is 48.5 Å². The fourth-order valence-corrected chi connectivity index (χ4v) is 2.23. The Morgan fingerprint density at radius 2 is 1.74 bits per heavy atom. The van der Waals surface area contributed by atoms with Gasteiger partial charge in [-0.05, 0) is 36.8 Å². The summed E-state index contributed by atoms with van der Waals surface area (Å²) in [6.07, 6.45) is 0. The molecule has 0 unspecified atom stereocenters. The molecule has 2 amide bonds. The second-order valence-corrected chi connectivity index (χ2v) is 5.84. The highest BCUT2D eigenvalue weighted by Crippen LogP contribution is 2.10. The van der Waals surface area contributed by atoms with Gasteiger partial charge in [0.05, 0.1) is 7.11 Å². The van der Waals surface area contributed by atoms with E-state index in [-0.39, 0.29) is 12.5 Å². The van der Waals surface area contributed by atoms with Crippen molar-refractivity contribution < 1.29 is 23.9 Å². The van der Waals surface area contributed by atoms with Gasteiger partial charge in [0, 0.05) is 12.1 Å². The molecule has 7 nitrogen and oxygen atoms in total. The van der Waals surface area contributed by atoms with Crippen LogP contribution >= 0.6 is 0 Å². The summed E-state index contributed by atoms with van der Waals surface area (Å²) in [5.74, 6) is -0.758. The summed E-state index contributed by atoms with van der Waals surface area (Å²) in [6, 6.07) is 14.2. The predicted molar refractivity (Wildman–Crippen MR) is 99.3 cm³/mol. The Bertz CT molecular complexity index is 802. The van der Waals surface area contributed by atoms with Crippen LogP contribution < -0.4 is 15.4 Å². The quantitative estimate of drug-likeness (QED) is 0.689. The Morgan fingerprint density at radius 1 is 1.00 bits per heavy atom. The molecule has 0 aliphatic carbocycles. The summed E-state index contributed by atoms with van der Waals surface area (Å²) in [4.78, 5) is 35.3. The van der Waals surface area contributed by atoms with Crippen molar-refractivity contribution in [1.29, 1.82) is 0 Å². The first kappa shape index (κ1) is 20.0. The van der Waals surface area contributed by atoms with Crippen LogP contribution in [0.25, 0.3) is 0 Å². The molecule has 0 saturated heterocycles. The van der Waals surface area contributed by atoms with E-state index in [0.29, 0.717) is 12.1 Å². The number of hydrogen-bond acceptors (Lipinski definition) is 5. The lowest BCUT2D eigenvalue weighted by Gasteiger charge is -2.08. The van der Waals surface area contributed by atoms with E-state index in [0.717, 1.165) is 16.9 Å². The number of carbonyl (C=O) groups excluding carboxylic acids is 3. The highest BCUT2D eigenvalue weighted by atomic mass is 16.5. The fourth-order valence-electron chi connectivity index (χ4n) is 2.23. The first-order valence-electron chi connectivity index (χ1n) is 8.38. The van der Waals surface area contributed by atoms with Gasteiger partial charge in [0.1, 0.15) is 12.3 Å². The number of aryl methyl sites for hydroxylation is 1. The van der Waals surface area contributed by atoms with Gasteiger partial charge in [-0.3, -0.25) is 14.4 Å². The van der Waals surface area contributed by atoms with E-state index >= 15 is 0 Å². The first-order chi connectivity index (χ1) is 13.0. The summed E-state index contributed by atoms with van der Waals surface area (Å²) in [6.45, 7) is 1.47. The topological polar surface area (TPSA) is 93.7 Å². The summed E-state index contributed by atoms with van der Waals surface area (Å²) in [5, 5.41) is 5.11. The summed E-state index contributed by atoms with van der Waals surface area (Å²) >= 11 is 0. The average molecular weight is 370 g/mol. The number of amides is 2. The van der Waals surface area contributed by atoms with Gasteiger partial charge >= 0.3 is 5.97 Å². The van der Waals surface area contributed by atoms with Crippen molar-refractivity contribution in [3.8, 4) is 5.75 Å². The lowest BCUT2D eigenvalue weighted by molar-refractivity contribution is -0.147. The highest BCUT2D eigenvalue weighted by molar-refractivity contribution is 5.96. The minimum Gasteiger partial charge on any atom is -0.497 e. The molecule has 0 heterocycles. The van der Waals surface area contributed by atoms with Crippen LogP contribution in [-0.2, 0) is 20.9 Å². The van der Waals surface area contributed by atoms with Crippen LogP contribution in [0.4, 0.5) is 0 Å². The largest absolute Gasteiger partial charge is 0.497 e. The summed E-state index contributed by atoms with van der Waals surface area (Å²) < 4.78 is 9.91. The SMILES string of the molecule is COc1ccc(CNC(=O)COC(=O)CNC(=O)c2cccc(C)c2)cc1. The Labute approximate surface area is 157 Å². The normalized spacial score (nSPS) is 10.0. The van der Waals surface area contributed by atoms with Crippen LogP contribution in [-0.4, -0.2) is 38.0 Å². The zero-order valence-corrected chi connectivity index (χ0v) is 15.3. The van der Waals surface area contributed by atoms with Gasteiger partial charge in [-0.15, -0.1) is 0 Å². The molecule has 2 aromatic rings. The third-order valence-electron chi connectivity index (χ3n) is 3.69. The molecule has 2 N–H and O–H groups in total. The van der Waals surface area contributed by atoms with Crippen molar-refractivity contribution in [2.45, 2.75) is 13.5 Å². The zero-order chi connectivity index (χ0) is 19.6. The molecule has 0 spiro atoms. The molecular formula is C20H22N2O5. The predicted octanol–water partition coefficient (Wildman–Crippen LogP) is 1.59. The second-order valence-electron chi connectivity index (χ2n) is 5.84. The molecule has 7 heteroatoms. The number of ether oxygens (including phenoxy) is 2. The third-order valence-corrected chi connectivity index (χ3v) is 3.69. The van der Waals surface area contributed by atoms with Crippen LogP contribution in [0.2, 0.25) is 0 Å². The van der Waals surface area contributed by atoms with Gasteiger partial charge < -0.3 is 20.1 Å². The van der Waals surface area contributed by atoms with E-state index in [1.54, 1.807) is 37.4 Å². The van der Waals surface area contributed by atoms with Gasteiger partial charge in [0.2, 0.25) is 0 Å². The Hall–Kier alpha value is -3.35. The van der Waals surface area contributed by atoms with Crippen LogP contribution in [0, 0.1) is 6.92 Å². The minimum atomic E-state index is -0.685. The molecule has 0 atom stereocenters. The van der Waals surface area contributed by atoms with Gasteiger partial charge in [-0.25, -0.2) is 0 Å². The number of methoxy groups -OCH3 is 1. The molecular weight excluding hydrogens is 348 g/mol. The summed E-state index contributed by atoms with van der Waals surface area (Å²) in [7, 11) is 1.58. The van der Waals surface area contributed by atoms with Gasteiger partial charge in [-0.2, -0.15) is 0 Å². The smallest absolute Gasteiger partial charge is 0.325 e. The van der Waals surface area contributed by atoms with Gasteiger partial charge in [0.15, 0.2) is 6.61 Å². The maximum atomic E-state index is 11.9.